The smallest absolute Gasteiger partial charge is 0.316 e. The van der Waals surface area contributed by atoms with Crippen LogP contribution in [0, 0.1) is 0 Å². The molecule has 1 fully saturated rings. The minimum Gasteiger partial charge on any atom is -0.493 e. The van der Waals surface area contributed by atoms with Gasteiger partial charge in [0.2, 0.25) is 5.91 Å². The highest BCUT2D eigenvalue weighted by Crippen LogP contribution is 2.29. The first kappa shape index (κ1) is 20.5. The van der Waals surface area contributed by atoms with E-state index in [1.807, 2.05) is 0 Å². The molecule has 0 radical (unpaired) electrons. The van der Waals surface area contributed by atoms with Gasteiger partial charge in [-0.25, -0.2) is 0 Å². The summed E-state index contributed by atoms with van der Waals surface area (Å²) in [4.78, 5) is 39.9. The summed E-state index contributed by atoms with van der Waals surface area (Å²) in [5, 5.41) is 3.16. The van der Waals surface area contributed by atoms with Gasteiger partial charge in [-0.3, -0.25) is 14.4 Å². The van der Waals surface area contributed by atoms with Crippen LogP contribution in [0.4, 0.5) is 11.4 Å². The number of amides is 3. The van der Waals surface area contributed by atoms with Crippen molar-refractivity contribution >= 4 is 40.7 Å². The molecule has 0 spiro atoms. The third-order valence-electron chi connectivity index (χ3n) is 4.43. The maximum absolute atomic E-state index is 12.5. The largest absolute Gasteiger partial charge is 0.493 e. The molecule has 1 aliphatic rings. The summed E-state index contributed by atoms with van der Waals surface area (Å²) in [6.07, 6.45) is 0. The lowest BCUT2D eigenvalue weighted by Crippen LogP contribution is -2.56. The molecular formula is C20H20ClN3O5. The second kappa shape index (κ2) is 8.83. The average Bonchev–Trinajstić information content (AvgIpc) is 2.71. The van der Waals surface area contributed by atoms with E-state index >= 15 is 0 Å². The standard InChI is InChI=1S/C20H20ClN3O5/c1-28-16-7-6-14(11-17(16)29-2)22-18(25)12-23-8-9-24(20(27)19(23)26)15-5-3-4-13(21)10-15/h3-7,10-11H,8-9,12H2,1-2H3,(H,22,25). The first-order valence-corrected chi connectivity index (χ1v) is 9.19. The van der Waals surface area contributed by atoms with E-state index in [4.69, 9.17) is 21.1 Å². The van der Waals surface area contributed by atoms with Crippen LogP contribution in [0.5, 0.6) is 11.5 Å². The Bertz CT molecular complexity index is 949. The van der Waals surface area contributed by atoms with Crippen LogP contribution in [0.2, 0.25) is 5.02 Å². The van der Waals surface area contributed by atoms with Gasteiger partial charge in [0.1, 0.15) is 6.54 Å². The lowest BCUT2D eigenvalue weighted by atomic mass is 10.2. The van der Waals surface area contributed by atoms with Crippen molar-refractivity contribution in [3.8, 4) is 11.5 Å². The number of hydrogen-bond acceptors (Lipinski definition) is 5. The second-order valence-corrected chi connectivity index (χ2v) is 6.72. The Balaban J connectivity index is 1.63. The molecule has 3 rings (SSSR count). The number of nitrogens with one attached hydrogen (secondary N) is 1. The lowest BCUT2D eigenvalue weighted by Gasteiger charge is -2.33. The number of anilines is 2. The molecule has 1 saturated heterocycles. The highest BCUT2D eigenvalue weighted by Gasteiger charge is 2.34. The molecule has 0 unspecified atom stereocenters. The Morgan fingerprint density at radius 3 is 2.48 bits per heavy atom. The normalized spacial score (nSPS) is 14.0. The number of methoxy groups -OCH3 is 2. The molecule has 0 bridgehead atoms. The van der Waals surface area contributed by atoms with Crippen molar-refractivity contribution < 1.29 is 23.9 Å². The minimum absolute atomic E-state index is 0.233. The number of carbonyl (C=O) groups excluding carboxylic acids is 3. The molecule has 1 N–H and O–H groups in total. The Morgan fingerprint density at radius 1 is 1.03 bits per heavy atom. The first-order chi connectivity index (χ1) is 13.9. The molecule has 1 heterocycles. The maximum atomic E-state index is 12.5. The predicted octanol–water partition coefficient (Wildman–Crippen LogP) is 2.17. The van der Waals surface area contributed by atoms with E-state index in [2.05, 4.69) is 5.32 Å². The fourth-order valence-corrected chi connectivity index (χ4v) is 3.19. The van der Waals surface area contributed by atoms with Gasteiger partial charge in [-0.15, -0.1) is 0 Å². The summed E-state index contributed by atoms with van der Waals surface area (Å²) in [6.45, 7) is 0.271. The number of benzene rings is 2. The maximum Gasteiger partial charge on any atom is 0.316 e. The van der Waals surface area contributed by atoms with Crippen LogP contribution in [-0.4, -0.2) is 56.5 Å². The van der Waals surface area contributed by atoms with Crippen molar-refractivity contribution in [3.05, 3.63) is 47.5 Å². The van der Waals surface area contributed by atoms with Gasteiger partial charge in [-0.2, -0.15) is 0 Å². The van der Waals surface area contributed by atoms with Crippen molar-refractivity contribution in [1.82, 2.24) is 4.90 Å². The summed E-state index contributed by atoms with van der Waals surface area (Å²) in [5.74, 6) is -0.860. The van der Waals surface area contributed by atoms with E-state index in [0.29, 0.717) is 27.9 Å². The van der Waals surface area contributed by atoms with E-state index in [9.17, 15) is 14.4 Å². The van der Waals surface area contributed by atoms with Gasteiger partial charge >= 0.3 is 11.8 Å². The van der Waals surface area contributed by atoms with E-state index < -0.39 is 17.7 Å². The van der Waals surface area contributed by atoms with Gasteiger partial charge in [0.05, 0.1) is 14.2 Å². The number of carbonyl (C=O) groups is 3. The summed E-state index contributed by atoms with van der Waals surface area (Å²) >= 11 is 5.96. The summed E-state index contributed by atoms with van der Waals surface area (Å²) in [7, 11) is 3.01. The minimum atomic E-state index is -0.737. The molecule has 0 aliphatic carbocycles. The Morgan fingerprint density at radius 2 is 1.79 bits per heavy atom. The van der Waals surface area contributed by atoms with E-state index in [1.54, 1.807) is 42.5 Å². The van der Waals surface area contributed by atoms with Crippen LogP contribution in [0.3, 0.4) is 0 Å². The van der Waals surface area contributed by atoms with Gasteiger partial charge < -0.3 is 24.6 Å². The zero-order valence-corrected chi connectivity index (χ0v) is 16.7. The number of hydrogen-bond donors (Lipinski definition) is 1. The monoisotopic (exact) mass is 417 g/mol. The fraction of sp³-hybridized carbons (Fsp3) is 0.250. The second-order valence-electron chi connectivity index (χ2n) is 6.28. The molecule has 1 aliphatic heterocycles. The van der Waals surface area contributed by atoms with Crippen LogP contribution in [0.1, 0.15) is 0 Å². The van der Waals surface area contributed by atoms with Crippen LogP contribution >= 0.6 is 11.6 Å². The van der Waals surface area contributed by atoms with Gasteiger partial charge in [-0.05, 0) is 30.3 Å². The molecular weight excluding hydrogens is 398 g/mol. The zero-order chi connectivity index (χ0) is 21.0. The van der Waals surface area contributed by atoms with Crippen LogP contribution in [0.25, 0.3) is 0 Å². The lowest BCUT2D eigenvalue weighted by molar-refractivity contribution is -0.147. The third kappa shape index (κ3) is 4.60. The van der Waals surface area contributed by atoms with Gasteiger partial charge in [0, 0.05) is 35.6 Å². The van der Waals surface area contributed by atoms with Gasteiger partial charge in [-0.1, -0.05) is 17.7 Å². The van der Waals surface area contributed by atoms with E-state index in [-0.39, 0.29) is 19.6 Å². The van der Waals surface area contributed by atoms with Gasteiger partial charge in [0.15, 0.2) is 11.5 Å². The molecule has 0 atom stereocenters. The van der Waals surface area contributed by atoms with Crippen LogP contribution < -0.4 is 19.7 Å². The number of ether oxygens (including phenoxy) is 2. The van der Waals surface area contributed by atoms with Gasteiger partial charge in [0.25, 0.3) is 0 Å². The number of nitrogens with zero attached hydrogens (tertiary/aromatic N) is 2. The summed E-state index contributed by atoms with van der Waals surface area (Å²) in [5.41, 5.74) is 1.04. The summed E-state index contributed by atoms with van der Waals surface area (Å²) in [6, 6.07) is 11.6. The molecule has 152 valence electrons. The highest BCUT2D eigenvalue weighted by molar-refractivity contribution is 6.41. The Labute approximate surface area is 172 Å². The van der Waals surface area contributed by atoms with Crippen LogP contribution in [-0.2, 0) is 14.4 Å². The SMILES string of the molecule is COc1ccc(NC(=O)CN2CCN(c3cccc(Cl)c3)C(=O)C2=O)cc1OC. The molecule has 8 nitrogen and oxygen atoms in total. The molecule has 9 heteroatoms. The topological polar surface area (TPSA) is 88.2 Å². The number of halogens is 1. The highest BCUT2D eigenvalue weighted by atomic mass is 35.5. The van der Waals surface area contributed by atoms with Crippen molar-refractivity contribution in [2.45, 2.75) is 0 Å². The van der Waals surface area contributed by atoms with Crippen LogP contribution in [0.15, 0.2) is 42.5 Å². The van der Waals surface area contributed by atoms with E-state index in [1.165, 1.54) is 24.0 Å². The Hall–Kier alpha value is -3.26. The molecule has 0 aromatic heterocycles. The fourth-order valence-electron chi connectivity index (χ4n) is 3.00. The quantitative estimate of drug-likeness (QED) is 0.728. The zero-order valence-electron chi connectivity index (χ0n) is 16.0. The van der Waals surface area contributed by atoms with E-state index in [0.717, 1.165) is 0 Å². The number of rotatable bonds is 6. The molecule has 29 heavy (non-hydrogen) atoms. The van der Waals surface area contributed by atoms with Crippen molar-refractivity contribution in [2.75, 3.05) is 44.1 Å². The molecule has 2 aromatic carbocycles. The van der Waals surface area contributed by atoms with Crippen molar-refractivity contribution in [1.29, 1.82) is 0 Å². The molecule has 3 amide bonds. The molecule has 2 aromatic rings. The molecule has 0 saturated carbocycles. The van der Waals surface area contributed by atoms with Crippen molar-refractivity contribution in [2.24, 2.45) is 0 Å². The predicted molar refractivity (Wildman–Crippen MR) is 109 cm³/mol. The first-order valence-electron chi connectivity index (χ1n) is 8.81. The average molecular weight is 418 g/mol. The third-order valence-corrected chi connectivity index (χ3v) is 4.67. The number of piperazine rings is 1. The summed E-state index contributed by atoms with van der Waals surface area (Å²) < 4.78 is 10.4. The Kier molecular flexibility index (Phi) is 6.23. The van der Waals surface area contributed by atoms with Crippen molar-refractivity contribution in [3.63, 3.8) is 0 Å².